The van der Waals surface area contributed by atoms with Crippen LogP contribution in [0.3, 0.4) is 0 Å². The van der Waals surface area contributed by atoms with Gasteiger partial charge in [-0.2, -0.15) is 4.31 Å². The van der Waals surface area contributed by atoms with Gasteiger partial charge in [0, 0.05) is 37.9 Å². The van der Waals surface area contributed by atoms with E-state index < -0.39 is 10.0 Å². The molecule has 0 saturated carbocycles. The number of rotatable bonds is 7. The maximum absolute atomic E-state index is 12.5. The van der Waals surface area contributed by atoms with Gasteiger partial charge in [0.1, 0.15) is 4.90 Å². The molecule has 1 amide bonds. The van der Waals surface area contributed by atoms with Crippen molar-refractivity contribution in [3.63, 3.8) is 0 Å². The van der Waals surface area contributed by atoms with E-state index >= 15 is 0 Å². The summed E-state index contributed by atoms with van der Waals surface area (Å²) in [5, 5.41) is 2.98. The number of nitrogens with zero attached hydrogens (tertiary/aromatic N) is 2. The van der Waals surface area contributed by atoms with E-state index in [1.54, 1.807) is 18.3 Å². The van der Waals surface area contributed by atoms with Crippen molar-refractivity contribution >= 4 is 15.9 Å². The standard InChI is InChI=1S/C17H27N3O3S/c1-14(2)5-3-10-19-17(21)15-7-11-20(12-8-15)24(22,23)16-6-4-9-18-13-16/h4,6,9,13-15H,3,5,7-8,10-12H2,1-2H3,(H,19,21). The van der Waals surface area contributed by atoms with Crippen molar-refractivity contribution in [2.45, 2.75) is 44.4 Å². The minimum Gasteiger partial charge on any atom is -0.356 e. The Kier molecular flexibility index (Phi) is 6.74. The van der Waals surface area contributed by atoms with Crippen LogP contribution >= 0.6 is 0 Å². The fourth-order valence-corrected chi connectivity index (χ4v) is 4.31. The van der Waals surface area contributed by atoms with Crippen LogP contribution in [0, 0.1) is 11.8 Å². The molecule has 6 nitrogen and oxygen atoms in total. The lowest BCUT2D eigenvalue weighted by molar-refractivity contribution is -0.126. The first-order valence-electron chi connectivity index (χ1n) is 8.59. The molecular weight excluding hydrogens is 326 g/mol. The SMILES string of the molecule is CC(C)CCCNC(=O)C1CCN(S(=O)(=O)c2cccnc2)CC1. The molecule has 1 saturated heterocycles. The van der Waals surface area contributed by atoms with Crippen LogP contribution in [0.5, 0.6) is 0 Å². The molecule has 1 aliphatic heterocycles. The molecule has 0 atom stereocenters. The van der Waals surface area contributed by atoms with Crippen LogP contribution in [0.2, 0.25) is 0 Å². The molecule has 0 unspecified atom stereocenters. The fourth-order valence-electron chi connectivity index (χ4n) is 2.87. The molecule has 1 N–H and O–H groups in total. The minimum absolute atomic E-state index is 0.0529. The summed E-state index contributed by atoms with van der Waals surface area (Å²) in [6, 6.07) is 3.17. The second-order valence-electron chi connectivity index (χ2n) is 6.69. The van der Waals surface area contributed by atoms with E-state index in [1.807, 2.05) is 0 Å². The highest BCUT2D eigenvalue weighted by molar-refractivity contribution is 7.89. The molecule has 1 aromatic rings. The molecule has 24 heavy (non-hydrogen) atoms. The van der Waals surface area contributed by atoms with Gasteiger partial charge in [0.25, 0.3) is 0 Å². The Labute approximate surface area is 144 Å². The van der Waals surface area contributed by atoms with Crippen LogP contribution in [-0.2, 0) is 14.8 Å². The van der Waals surface area contributed by atoms with Gasteiger partial charge in [-0.15, -0.1) is 0 Å². The molecule has 0 radical (unpaired) electrons. The number of pyridine rings is 1. The van der Waals surface area contributed by atoms with Crippen LogP contribution < -0.4 is 5.32 Å². The highest BCUT2D eigenvalue weighted by atomic mass is 32.2. The molecule has 0 aromatic carbocycles. The highest BCUT2D eigenvalue weighted by Gasteiger charge is 2.31. The molecule has 0 bridgehead atoms. The van der Waals surface area contributed by atoms with Gasteiger partial charge in [0.05, 0.1) is 0 Å². The number of carbonyl (C=O) groups excluding carboxylic acids is 1. The second-order valence-corrected chi connectivity index (χ2v) is 8.63. The zero-order valence-electron chi connectivity index (χ0n) is 14.4. The van der Waals surface area contributed by atoms with Crippen LogP contribution in [0.1, 0.15) is 39.5 Å². The van der Waals surface area contributed by atoms with Gasteiger partial charge >= 0.3 is 0 Å². The first-order chi connectivity index (χ1) is 11.4. The summed E-state index contributed by atoms with van der Waals surface area (Å²) < 4.78 is 26.5. The molecule has 7 heteroatoms. The van der Waals surface area contributed by atoms with E-state index in [1.165, 1.54) is 10.5 Å². The summed E-state index contributed by atoms with van der Waals surface area (Å²) in [4.78, 5) is 16.3. The maximum atomic E-state index is 12.5. The number of hydrogen-bond acceptors (Lipinski definition) is 4. The maximum Gasteiger partial charge on any atom is 0.244 e. The van der Waals surface area contributed by atoms with Crippen LogP contribution in [0.4, 0.5) is 0 Å². The zero-order valence-corrected chi connectivity index (χ0v) is 15.3. The molecule has 0 aliphatic carbocycles. The Morgan fingerprint density at radius 1 is 1.38 bits per heavy atom. The molecule has 2 heterocycles. The van der Waals surface area contributed by atoms with E-state index in [-0.39, 0.29) is 16.7 Å². The summed E-state index contributed by atoms with van der Waals surface area (Å²) in [6.07, 6.45) is 6.13. The van der Waals surface area contributed by atoms with Crippen molar-refractivity contribution in [1.29, 1.82) is 0 Å². The van der Waals surface area contributed by atoms with Crippen molar-refractivity contribution < 1.29 is 13.2 Å². The third-order valence-electron chi connectivity index (χ3n) is 4.35. The van der Waals surface area contributed by atoms with E-state index in [4.69, 9.17) is 0 Å². The van der Waals surface area contributed by atoms with Crippen molar-refractivity contribution in [2.24, 2.45) is 11.8 Å². The number of nitrogens with one attached hydrogen (secondary N) is 1. The molecule has 1 aliphatic rings. The summed E-state index contributed by atoms with van der Waals surface area (Å²) in [7, 11) is -3.50. The average molecular weight is 353 g/mol. The Bertz CT molecular complexity index is 624. The quantitative estimate of drug-likeness (QED) is 0.761. The summed E-state index contributed by atoms with van der Waals surface area (Å²) in [6.45, 7) is 5.79. The Morgan fingerprint density at radius 2 is 2.08 bits per heavy atom. The first-order valence-corrected chi connectivity index (χ1v) is 10.0. The third-order valence-corrected chi connectivity index (χ3v) is 6.24. The molecule has 1 aromatic heterocycles. The number of sulfonamides is 1. The largest absolute Gasteiger partial charge is 0.356 e. The molecule has 0 spiro atoms. The number of piperidine rings is 1. The third kappa shape index (κ3) is 5.01. The number of hydrogen-bond donors (Lipinski definition) is 1. The predicted octanol–water partition coefficient (Wildman–Crippen LogP) is 2.03. The molecule has 2 rings (SSSR count). The van der Waals surface area contributed by atoms with Gasteiger partial charge < -0.3 is 5.32 Å². The number of amides is 1. The van der Waals surface area contributed by atoms with E-state index in [9.17, 15) is 13.2 Å². The molecule has 1 fully saturated rings. The molecular formula is C17H27N3O3S. The number of carbonyl (C=O) groups is 1. The average Bonchev–Trinajstić information content (AvgIpc) is 2.59. The first kappa shape index (κ1) is 18.9. The fraction of sp³-hybridized carbons (Fsp3) is 0.647. The van der Waals surface area contributed by atoms with Crippen molar-refractivity contribution in [2.75, 3.05) is 19.6 Å². The van der Waals surface area contributed by atoms with E-state index in [0.29, 0.717) is 38.4 Å². The summed E-state index contributed by atoms with van der Waals surface area (Å²) in [5.41, 5.74) is 0. The second kappa shape index (κ2) is 8.58. The van der Waals surface area contributed by atoms with Gasteiger partial charge in [-0.05, 0) is 43.7 Å². The molecule has 134 valence electrons. The Morgan fingerprint density at radius 3 is 2.67 bits per heavy atom. The minimum atomic E-state index is -3.50. The van der Waals surface area contributed by atoms with Gasteiger partial charge in [-0.25, -0.2) is 8.42 Å². The van der Waals surface area contributed by atoms with Crippen LogP contribution in [0.15, 0.2) is 29.4 Å². The monoisotopic (exact) mass is 353 g/mol. The lowest BCUT2D eigenvalue weighted by atomic mass is 9.97. The van der Waals surface area contributed by atoms with E-state index in [2.05, 4.69) is 24.1 Å². The highest BCUT2D eigenvalue weighted by Crippen LogP contribution is 2.23. The summed E-state index contributed by atoms with van der Waals surface area (Å²) >= 11 is 0. The summed E-state index contributed by atoms with van der Waals surface area (Å²) in [5.74, 6) is 0.601. The lowest BCUT2D eigenvalue weighted by Gasteiger charge is -2.30. The Balaban J connectivity index is 1.82. The Hall–Kier alpha value is -1.47. The number of aromatic nitrogens is 1. The normalized spacial score (nSPS) is 17.1. The zero-order chi connectivity index (χ0) is 17.6. The van der Waals surface area contributed by atoms with Gasteiger partial charge in [-0.3, -0.25) is 9.78 Å². The lowest BCUT2D eigenvalue weighted by Crippen LogP contribution is -2.43. The predicted molar refractivity (Wildman–Crippen MR) is 92.8 cm³/mol. The van der Waals surface area contributed by atoms with Crippen molar-refractivity contribution in [3.05, 3.63) is 24.5 Å². The van der Waals surface area contributed by atoms with E-state index in [0.717, 1.165) is 12.8 Å². The van der Waals surface area contributed by atoms with Gasteiger partial charge in [-0.1, -0.05) is 13.8 Å². The topological polar surface area (TPSA) is 79.4 Å². The van der Waals surface area contributed by atoms with Crippen molar-refractivity contribution in [1.82, 2.24) is 14.6 Å². The van der Waals surface area contributed by atoms with Crippen LogP contribution in [-0.4, -0.2) is 43.2 Å². The smallest absolute Gasteiger partial charge is 0.244 e. The van der Waals surface area contributed by atoms with Crippen LogP contribution in [0.25, 0.3) is 0 Å². The van der Waals surface area contributed by atoms with Gasteiger partial charge in [0.2, 0.25) is 15.9 Å². The van der Waals surface area contributed by atoms with Crippen molar-refractivity contribution in [3.8, 4) is 0 Å². The van der Waals surface area contributed by atoms with Gasteiger partial charge in [0.15, 0.2) is 0 Å².